The summed E-state index contributed by atoms with van der Waals surface area (Å²) in [6, 6.07) is 0.767. The summed E-state index contributed by atoms with van der Waals surface area (Å²) in [5, 5.41) is 0. The molecule has 2 rings (SSSR count). The van der Waals surface area contributed by atoms with Crippen LogP contribution < -0.4 is 5.73 Å². The van der Waals surface area contributed by atoms with Crippen molar-refractivity contribution >= 4 is 5.91 Å². The first-order valence-electron chi connectivity index (χ1n) is 5.80. The summed E-state index contributed by atoms with van der Waals surface area (Å²) in [7, 11) is 0. The van der Waals surface area contributed by atoms with Crippen LogP contribution in [0.1, 0.15) is 38.5 Å². The predicted octanol–water partition coefficient (Wildman–Crippen LogP) is 1.13. The van der Waals surface area contributed by atoms with Gasteiger partial charge in [-0.25, -0.2) is 0 Å². The number of primary amides is 1. The van der Waals surface area contributed by atoms with Gasteiger partial charge in [0.2, 0.25) is 5.91 Å². The fourth-order valence-electron chi connectivity index (χ4n) is 3.03. The number of hydrogen-bond acceptors (Lipinski definition) is 2. The van der Waals surface area contributed by atoms with E-state index < -0.39 is 0 Å². The van der Waals surface area contributed by atoms with Gasteiger partial charge < -0.3 is 5.73 Å². The van der Waals surface area contributed by atoms with Gasteiger partial charge in [0.1, 0.15) is 0 Å². The Balaban J connectivity index is 1.84. The van der Waals surface area contributed by atoms with E-state index in [0.29, 0.717) is 6.42 Å². The Bertz CT molecular complexity index is 217. The van der Waals surface area contributed by atoms with E-state index in [9.17, 15) is 4.79 Å². The molecule has 0 aromatic rings. The molecule has 1 saturated heterocycles. The molecule has 0 spiro atoms. The number of fused-ring (bicyclic) bond motifs is 1. The van der Waals surface area contributed by atoms with Crippen LogP contribution in [0, 0.1) is 5.92 Å². The standard InChI is InChI=1S/C11H20N2O/c12-11(14)6-8-13-7-5-9-3-1-2-4-10(9)13/h9-10H,1-8H2,(H2,12,14). The molecule has 2 N–H and O–H groups in total. The van der Waals surface area contributed by atoms with Gasteiger partial charge in [-0.05, 0) is 31.7 Å². The van der Waals surface area contributed by atoms with Crippen molar-refractivity contribution in [3.05, 3.63) is 0 Å². The molecule has 2 aliphatic rings. The van der Waals surface area contributed by atoms with Crippen LogP contribution in [0.2, 0.25) is 0 Å². The minimum Gasteiger partial charge on any atom is -0.370 e. The van der Waals surface area contributed by atoms with Gasteiger partial charge >= 0.3 is 0 Å². The summed E-state index contributed by atoms with van der Waals surface area (Å²) in [6.45, 7) is 2.07. The zero-order valence-electron chi connectivity index (χ0n) is 8.74. The van der Waals surface area contributed by atoms with Crippen LogP contribution in [0.15, 0.2) is 0 Å². The van der Waals surface area contributed by atoms with Crippen LogP contribution in [0.3, 0.4) is 0 Å². The van der Waals surface area contributed by atoms with E-state index in [1.54, 1.807) is 0 Å². The Kier molecular flexibility index (Phi) is 3.06. The minimum atomic E-state index is -0.163. The number of hydrogen-bond donors (Lipinski definition) is 1. The molecule has 14 heavy (non-hydrogen) atoms. The molecule has 0 radical (unpaired) electrons. The van der Waals surface area contributed by atoms with Gasteiger partial charge in [0, 0.05) is 19.0 Å². The third-order valence-electron chi connectivity index (χ3n) is 3.77. The third-order valence-corrected chi connectivity index (χ3v) is 3.77. The van der Waals surface area contributed by atoms with Crippen molar-refractivity contribution in [2.75, 3.05) is 13.1 Å². The van der Waals surface area contributed by atoms with E-state index in [4.69, 9.17) is 5.73 Å². The van der Waals surface area contributed by atoms with Crippen LogP contribution in [0.25, 0.3) is 0 Å². The molecule has 1 saturated carbocycles. The fraction of sp³-hybridized carbons (Fsp3) is 0.909. The average molecular weight is 196 g/mol. The summed E-state index contributed by atoms with van der Waals surface area (Å²) >= 11 is 0. The third kappa shape index (κ3) is 2.08. The zero-order chi connectivity index (χ0) is 9.97. The predicted molar refractivity (Wildman–Crippen MR) is 55.7 cm³/mol. The summed E-state index contributed by atoms with van der Waals surface area (Å²) < 4.78 is 0. The van der Waals surface area contributed by atoms with Crippen LogP contribution in [0.4, 0.5) is 0 Å². The Morgan fingerprint density at radius 2 is 2.07 bits per heavy atom. The molecular weight excluding hydrogens is 176 g/mol. The van der Waals surface area contributed by atoms with Crippen molar-refractivity contribution in [3.8, 4) is 0 Å². The van der Waals surface area contributed by atoms with E-state index in [2.05, 4.69) is 4.90 Å². The maximum atomic E-state index is 10.7. The second-order valence-electron chi connectivity index (χ2n) is 4.65. The first-order chi connectivity index (χ1) is 6.77. The zero-order valence-corrected chi connectivity index (χ0v) is 8.74. The quantitative estimate of drug-likeness (QED) is 0.735. The van der Waals surface area contributed by atoms with Crippen molar-refractivity contribution in [1.29, 1.82) is 0 Å². The molecular formula is C11H20N2O. The SMILES string of the molecule is NC(=O)CCN1CCC2CCCCC21. The first-order valence-corrected chi connectivity index (χ1v) is 5.80. The number of carbonyl (C=O) groups is 1. The smallest absolute Gasteiger partial charge is 0.218 e. The lowest BCUT2D eigenvalue weighted by atomic mass is 9.85. The van der Waals surface area contributed by atoms with Crippen LogP contribution in [-0.4, -0.2) is 29.9 Å². The van der Waals surface area contributed by atoms with Crippen molar-refractivity contribution < 1.29 is 4.79 Å². The highest BCUT2D eigenvalue weighted by Crippen LogP contribution is 2.35. The number of likely N-dealkylation sites (tertiary alicyclic amines) is 1. The fourth-order valence-corrected chi connectivity index (χ4v) is 3.03. The van der Waals surface area contributed by atoms with Gasteiger partial charge in [0.05, 0.1) is 0 Å². The second-order valence-corrected chi connectivity index (χ2v) is 4.65. The van der Waals surface area contributed by atoms with Gasteiger partial charge in [-0.1, -0.05) is 12.8 Å². The highest BCUT2D eigenvalue weighted by atomic mass is 16.1. The monoisotopic (exact) mass is 196 g/mol. The summed E-state index contributed by atoms with van der Waals surface area (Å²) in [6.07, 6.45) is 7.38. The Hall–Kier alpha value is -0.570. The first kappa shape index (κ1) is 9.97. The van der Waals surface area contributed by atoms with Crippen molar-refractivity contribution in [2.24, 2.45) is 11.7 Å². The molecule has 0 aromatic carbocycles. The molecule has 3 nitrogen and oxygen atoms in total. The van der Waals surface area contributed by atoms with Gasteiger partial charge in [-0.3, -0.25) is 9.69 Å². The Morgan fingerprint density at radius 1 is 1.29 bits per heavy atom. The highest BCUT2D eigenvalue weighted by Gasteiger charge is 2.35. The maximum Gasteiger partial charge on any atom is 0.218 e. The van der Waals surface area contributed by atoms with Crippen molar-refractivity contribution in [3.63, 3.8) is 0 Å². The second kappa shape index (κ2) is 4.30. The van der Waals surface area contributed by atoms with E-state index in [1.807, 2.05) is 0 Å². The summed E-state index contributed by atoms with van der Waals surface area (Å²) in [5.41, 5.74) is 5.17. The van der Waals surface area contributed by atoms with Gasteiger partial charge in [0.15, 0.2) is 0 Å². The normalized spacial score (nSPS) is 32.9. The highest BCUT2D eigenvalue weighted by molar-refractivity contribution is 5.73. The molecule has 0 bridgehead atoms. The number of carbonyl (C=O) groups excluding carboxylic acids is 1. The molecule has 1 heterocycles. The van der Waals surface area contributed by atoms with E-state index in [1.165, 1.54) is 38.6 Å². The summed E-state index contributed by atoms with van der Waals surface area (Å²) in [5.74, 6) is 0.751. The molecule has 2 atom stereocenters. The van der Waals surface area contributed by atoms with Crippen LogP contribution >= 0.6 is 0 Å². The molecule has 0 aromatic heterocycles. The Labute approximate surface area is 85.6 Å². The van der Waals surface area contributed by atoms with Crippen LogP contribution in [0.5, 0.6) is 0 Å². The number of rotatable bonds is 3. The summed E-state index contributed by atoms with van der Waals surface area (Å²) in [4.78, 5) is 13.2. The number of nitrogens with zero attached hydrogens (tertiary/aromatic N) is 1. The van der Waals surface area contributed by atoms with Gasteiger partial charge in [0.25, 0.3) is 0 Å². The molecule has 2 fully saturated rings. The lowest BCUT2D eigenvalue weighted by Gasteiger charge is -2.31. The van der Waals surface area contributed by atoms with Gasteiger partial charge in [-0.2, -0.15) is 0 Å². The minimum absolute atomic E-state index is 0.163. The number of nitrogens with two attached hydrogens (primary N) is 1. The Morgan fingerprint density at radius 3 is 2.86 bits per heavy atom. The molecule has 1 amide bonds. The lowest BCUT2D eigenvalue weighted by molar-refractivity contribution is -0.118. The molecule has 3 heteroatoms. The van der Waals surface area contributed by atoms with E-state index in [-0.39, 0.29) is 5.91 Å². The van der Waals surface area contributed by atoms with E-state index >= 15 is 0 Å². The van der Waals surface area contributed by atoms with Crippen LogP contribution in [-0.2, 0) is 4.79 Å². The largest absolute Gasteiger partial charge is 0.370 e. The molecule has 80 valence electrons. The van der Waals surface area contributed by atoms with E-state index in [0.717, 1.165) is 18.5 Å². The topological polar surface area (TPSA) is 46.3 Å². The van der Waals surface area contributed by atoms with Gasteiger partial charge in [-0.15, -0.1) is 0 Å². The molecule has 1 aliphatic heterocycles. The average Bonchev–Trinajstić information content (AvgIpc) is 2.58. The number of amides is 1. The lowest BCUT2D eigenvalue weighted by Crippen LogP contribution is -2.36. The van der Waals surface area contributed by atoms with Crippen molar-refractivity contribution in [2.45, 2.75) is 44.6 Å². The molecule has 2 unspecified atom stereocenters. The molecule has 1 aliphatic carbocycles. The maximum absolute atomic E-state index is 10.7. The van der Waals surface area contributed by atoms with Crippen molar-refractivity contribution in [1.82, 2.24) is 4.90 Å².